The number of nitrogens with zero attached hydrogens (tertiary/aromatic N) is 3. The van der Waals surface area contributed by atoms with E-state index in [4.69, 9.17) is 11.7 Å². The molecule has 0 unspecified atom stereocenters. The van der Waals surface area contributed by atoms with Gasteiger partial charge in [-0.1, -0.05) is 46.4 Å². The molecule has 1 heterocycles. The summed E-state index contributed by atoms with van der Waals surface area (Å²) in [5.74, 6) is 3.40. The largest absolute Gasteiger partial charge is 0.463 e. The van der Waals surface area contributed by atoms with E-state index in [1.54, 1.807) is 13.3 Å². The molecule has 0 amide bonds. The summed E-state index contributed by atoms with van der Waals surface area (Å²) in [4.78, 5) is 11.5. The monoisotopic (exact) mass is 550 g/mol. The summed E-state index contributed by atoms with van der Waals surface area (Å²) in [6.45, 7) is 23.0. The average molecular weight is 551 g/mol. The Morgan fingerprint density at radius 1 is 1.00 bits per heavy atom. The van der Waals surface area contributed by atoms with Gasteiger partial charge in [0.05, 0.1) is 18.5 Å². The number of carbonyl (C=O) groups is 1. The highest BCUT2D eigenvalue weighted by atomic mass is 16.5. The van der Waals surface area contributed by atoms with Gasteiger partial charge < -0.3 is 9.84 Å². The summed E-state index contributed by atoms with van der Waals surface area (Å²) in [5, 5.41) is 17.7. The van der Waals surface area contributed by atoms with Crippen molar-refractivity contribution in [2.24, 2.45) is 56.7 Å². The predicted molar refractivity (Wildman–Crippen MR) is 157 cm³/mol. The van der Waals surface area contributed by atoms with Crippen LogP contribution in [0.15, 0.2) is 18.3 Å². The molecule has 5 aliphatic carbocycles. The molecule has 0 aromatic carbocycles. The maximum Gasteiger partial charge on any atom is 0.433 e. The second kappa shape index (κ2) is 9.15. The Balaban J connectivity index is 1.32. The van der Waals surface area contributed by atoms with E-state index in [-0.39, 0.29) is 22.2 Å². The third kappa shape index (κ3) is 3.65. The summed E-state index contributed by atoms with van der Waals surface area (Å²) < 4.78 is 6.56. The molecule has 0 bridgehead atoms. The molecule has 6 rings (SSSR count). The van der Waals surface area contributed by atoms with E-state index >= 15 is 0 Å². The molecule has 1 N–H and O–H groups in total. The van der Waals surface area contributed by atoms with Crippen molar-refractivity contribution in [3.8, 4) is 0 Å². The van der Waals surface area contributed by atoms with Gasteiger partial charge >= 0.3 is 6.09 Å². The molecule has 0 aliphatic heterocycles. The minimum Gasteiger partial charge on any atom is -0.463 e. The first-order valence-electron chi connectivity index (χ1n) is 15.9. The van der Waals surface area contributed by atoms with E-state index in [0.29, 0.717) is 47.0 Å². The standard InChI is InChI=1S/C34H52N3O3/c1-21(20-40-8)22-11-14-31(4)17-18-33(6)24(28(22)31)9-10-27-32(5)15-12-23(25-19-37(29(38)39)36-35-25)30(2,3)26(32)13-16-34(27,33)7/h19,22-24,26-28H,1,4,9-18,20H2,2-3,5-8H3,(H,38,39)/t22-,23+,24+,26-,27+,28+,31+,32-,33+,34+/m0/s1. The van der Waals surface area contributed by atoms with Crippen molar-refractivity contribution in [3.05, 3.63) is 31.0 Å². The molecule has 0 saturated heterocycles. The molecule has 0 spiro atoms. The minimum atomic E-state index is -1.07. The first kappa shape index (κ1) is 28.4. The Bertz CT molecular complexity index is 1190. The Hall–Kier alpha value is -1.69. The molecule has 1 aromatic rings. The third-order valence-corrected chi connectivity index (χ3v) is 14.6. The van der Waals surface area contributed by atoms with E-state index in [0.717, 1.165) is 16.8 Å². The van der Waals surface area contributed by atoms with Crippen molar-refractivity contribution in [2.75, 3.05) is 13.7 Å². The molecule has 6 nitrogen and oxygen atoms in total. The van der Waals surface area contributed by atoms with Gasteiger partial charge in [0.25, 0.3) is 0 Å². The summed E-state index contributed by atoms with van der Waals surface area (Å²) in [6, 6.07) is 0. The Morgan fingerprint density at radius 2 is 1.75 bits per heavy atom. The van der Waals surface area contributed by atoms with Gasteiger partial charge in [-0.25, -0.2) is 4.79 Å². The first-order chi connectivity index (χ1) is 18.7. The van der Waals surface area contributed by atoms with E-state index in [2.05, 4.69) is 51.5 Å². The number of methoxy groups -OCH3 is 1. The maximum absolute atomic E-state index is 11.5. The number of hydrogen-bond donors (Lipinski definition) is 1. The lowest BCUT2D eigenvalue weighted by atomic mass is 9.32. The van der Waals surface area contributed by atoms with E-state index < -0.39 is 6.09 Å². The van der Waals surface area contributed by atoms with Crippen molar-refractivity contribution < 1.29 is 14.6 Å². The molecule has 221 valence electrons. The Morgan fingerprint density at radius 3 is 2.42 bits per heavy atom. The summed E-state index contributed by atoms with van der Waals surface area (Å²) in [5.41, 5.74) is 3.28. The Labute approximate surface area is 241 Å². The second-order valence-electron chi connectivity index (χ2n) is 16.1. The van der Waals surface area contributed by atoms with Gasteiger partial charge in [0.2, 0.25) is 0 Å². The number of rotatable bonds is 4. The topological polar surface area (TPSA) is 77.2 Å². The molecule has 5 fully saturated rings. The molecular formula is C34H52N3O3. The van der Waals surface area contributed by atoms with Gasteiger partial charge in [-0.05, 0) is 133 Å². The zero-order valence-corrected chi connectivity index (χ0v) is 25.8. The van der Waals surface area contributed by atoms with E-state index in [9.17, 15) is 9.90 Å². The lowest BCUT2D eigenvalue weighted by Crippen LogP contribution is -2.65. The zero-order valence-electron chi connectivity index (χ0n) is 25.8. The highest BCUT2D eigenvalue weighted by Crippen LogP contribution is 2.78. The molecule has 5 aliphatic rings. The van der Waals surface area contributed by atoms with Crippen molar-refractivity contribution >= 4 is 6.09 Å². The van der Waals surface area contributed by atoms with Gasteiger partial charge in [0, 0.05) is 13.0 Å². The van der Waals surface area contributed by atoms with Crippen molar-refractivity contribution in [1.82, 2.24) is 15.0 Å². The fraction of sp³-hybridized carbons (Fsp3) is 0.824. The quantitative estimate of drug-likeness (QED) is 0.384. The zero-order chi connectivity index (χ0) is 28.9. The van der Waals surface area contributed by atoms with Gasteiger partial charge in [-0.15, -0.1) is 5.10 Å². The fourth-order valence-electron chi connectivity index (χ4n) is 12.6. The number of fused-ring (bicyclic) bond motifs is 7. The van der Waals surface area contributed by atoms with Crippen LogP contribution in [0, 0.1) is 63.6 Å². The van der Waals surface area contributed by atoms with Crippen molar-refractivity contribution in [1.29, 1.82) is 0 Å². The summed E-state index contributed by atoms with van der Waals surface area (Å²) >= 11 is 0. The van der Waals surface area contributed by atoms with Crippen LogP contribution in [0.2, 0.25) is 0 Å². The van der Waals surface area contributed by atoms with Crippen LogP contribution in [0.1, 0.15) is 110 Å². The summed E-state index contributed by atoms with van der Waals surface area (Å²) in [6.07, 6.45) is 13.0. The van der Waals surface area contributed by atoms with Crippen molar-refractivity contribution in [3.63, 3.8) is 0 Å². The number of ether oxygens (including phenoxy) is 1. The highest BCUT2D eigenvalue weighted by molar-refractivity contribution is 5.66. The molecule has 1 radical (unpaired) electrons. The van der Waals surface area contributed by atoms with Crippen LogP contribution in [-0.2, 0) is 4.74 Å². The minimum absolute atomic E-state index is 0.0367. The first-order valence-corrected chi connectivity index (χ1v) is 15.9. The molecule has 6 heteroatoms. The SMILES string of the molecule is [CH2][C@]12CC[C@@H](C(=C)COC)[C@@H]1[C@H]1CC[C@@H]3[C@@]4(C)CC[C@H](c5cn(C(=O)O)nn5)C(C)(C)[C@@H]4CC[C@@]3(C)[C@]1(C)CC2. The lowest BCUT2D eigenvalue weighted by molar-refractivity contribution is -0.235. The van der Waals surface area contributed by atoms with Crippen LogP contribution in [-0.4, -0.2) is 39.9 Å². The molecule has 5 saturated carbocycles. The van der Waals surface area contributed by atoms with Crippen LogP contribution < -0.4 is 0 Å². The maximum atomic E-state index is 11.5. The molecule has 40 heavy (non-hydrogen) atoms. The normalized spacial score (nSPS) is 47.5. The van der Waals surface area contributed by atoms with Crippen LogP contribution in [0.3, 0.4) is 0 Å². The van der Waals surface area contributed by atoms with Crippen LogP contribution in [0.25, 0.3) is 0 Å². The third-order valence-electron chi connectivity index (χ3n) is 14.6. The van der Waals surface area contributed by atoms with Crippen LogP contribution in [0.5, 0.6) is 0 Å². The van der Waals surface area contributed by atoms with Gasteiger partial charge in [-0.3, -0.25) is 0 Å². The number of carboxylic acid groups (broad SMARTS) is 1. The second-order valence-corrected chi connectivity index (χ2v) is 16.1. The predicted octanol–water partition coefficient (Wildman–Crippen LogP) is 8.01. The van der Waals surface area contributed by atoms with E-state index in [1.807, 2.05) is 0 Å². The van der Waals surface area contributed by atoms with Gasteiger partial charge in [0.15, 0.2) is 0 Å². The van der Waals surface area contributed by atoms with E-state index in [1.165, 1.54) is 63.4 Å². The summed E-state index contributed by atoms with van der Waals surface area (Å²) in [7, 11) is 1.80. The number of hydrogen-bond acceptors (Lipinski definition) is 4. The molecular weight excluding hydrogens is 498 g/mol. The van der Waals surface area contributed by atoms with Gasteiger partial charge in [-0.2, -0.15) is 4.68 Å². The van der Waals surface area contributed by atoms with Crippen LogP contribution in [0.4, 0.5) is 4.79 Å². The van der Waals surface area contributed by atoms with Crippen LogP contribution >= 0.6 is 0 Å². The molecule has 1 aromatic heterocycles. The molecule has 10 atom stereocenters. The Kier molecular flexibility index (Phi) is 6.51. The van der Waals surface area contributed by atoms with Gasteiger partial charge in [0.1, 0.15) is 0 Å². The smallest absolute Gasteiger partial charge is 0.433 e. The lowest BCUT2D eigenvalue weighted by Gasteiger charge is -2.73. The average Bonchev–Trinajstić information content (AvgIpc) is 3.50. The number of aromatic nitrogens is 3. The highest BCUT2D eigenvalue weighted by Gasteiger charge is 2.70. The van der Waals surface area contributed by atoms with Crippen molar-refractivity contribution in [2.45, 2.75) is 105 Å². The fourth-order valence-corrected chi connectivity index (χ4v) is 12.6.